The van der Waals surface area contributed by atoms with Crippen LogP contribution in [0.15, 0.2) is 365 Å². The second kappa shape index (κ2) is 25.2. The molecule has 0 aliphatic heterocycles. The topological polar surface area (TPSA) is 117 Å². The molecule has 0 amide bonds. The smallest absolute Gasteiger partial charge is 0.136 e. The van der Waals surface area contributed by atoms with Crippen molar-refractivity contribution >= 4 is 153 Å². The summed E-state index contributed by atoms with van der Waals surface area (Å²) in [6.45, 7) is 0. The first-order valence-corrected chi connectivity index (χ1v) is 35.9. The maximum absolute atomic E-state index is 6.18. The summed E-state index contributed by atoms with van der Waals surface area (Å²) in [5.41, 5.74) is 22.3. The predicted octanol–water partition coefficient (Wildman–Crippen LogP) is 26.4. The van der Waals surface area contributed by atoms with E-state index in [1.54, 1.807) is 0 Å². The third-order valence-electron chi connectivity index (χ3n) is 20.7. The lowest BCUT2D eigenvalue weighted by molar-refractivity contribution is 0.669. The zero-order valence-electron chi connectivity index (χ0n) is 57.4. The molecule has 0 radical (unpaired) electrons. The molecule has 0 N–H and O–H groups in total. The average Bonchev–Trinajstić information content (AvgIpc) is 1.74. The molecule has 23 rings (SSSR count). The highest BCUT2D eigenvalue weighted by Crippen LogP contribution is 2.44. The highest BCUT2D eigenvalue weighted by atomic mass is 16.3. The maximum atomic E-state index is 6.18. The summed E-state index contributed by atoms with van der Waals surface area (Å²) < 4.78 is 18.5. The predicted molar refractivity (Wildman–Crippen MR) is 441 cm³/mol. The molecule has 498 valence electrons. The van der Waals surface area contributed by atoms with Gasteiger partial charge >= 0.3 is 0 Å². The Morgan fingerprint density at radius 2 is 0.421 bits per heavy atom. The van der Waals surface area contributed by atoms with Gasteiger partial charge in [-0.1, -0.05) is 273 Å². The van der Waals surface area contributed by atoms with E-state index in [1.807, 2.05) is 103 Å². The Labute approximate surface area is 611 Å². The Morgan fingerprint density at radius 3 is 0.794 bits per heavy atom. The van der Waals surface area contributed by atoms with Crippen LogP contribution >= 0.6 is 0 Å². The summed E-state index contributed by atoms with van der Waals surface area (Å²) in [5.74, 6) is 0. The molecule has 23 aromatic rings. The summed E-state index contributed by atoms with van der Waals surface area (Å²) in [5, 5.41) is 18.3. The number of aromatic nitrogens is 6. The van der Waals surface area contributed by atoms with Gasteiger partial charge in [0.25, 0.3) is 0 Å². The molecule has 6 heterocycles. The van der Waals surface area contributed by atoms with E-state index in [0.717, 1.165) is 204 Å². The Bertz CT molecular complexity index is 7520. The number of furan rings is 3. The van der Waals surface area contributed by atoms with Crippen molar-refractivity contribution in [1.82, 2.24) is 29.9 Å². The molecule has 0 saturated carbocycles. The van der Waals surface area contributed by atoms with Gasteiger partial charge in [-0.3, -0.25) is 0 Å². The third kappa shape index (κ3) is 10.5. The minimum atomic E-state index is 0.876. The van der Waals surface area contributed by atoms with E-state index in [-0.39, 0.29) is 0 Å². The van der Waals surface area contributed by atoms with Crippen molar-refractivity contribution in [2.45, 2.75) is 0 Å². The maximum Gasteiger partial charge on any atom is 0.136 e. The first-order valence-electron chi connectivity index (χ1n) is 35.9. The monoisotopic (exact) mass is 1370 g/mol. The molecule has 0 saturated heterocycles. The molecule has 9 nitrogen and oxygen atoms in total. The Balaban J connectivity index is 0.000000103. The van der Waals surface area contributed by atoms with E-state index in [1.165, 1.54) is 16.2 Å². The fourth-order valence-electron chi connectivity index (χ4n) is 15.6. The molecule has 0 bridgehead atoms. The zero-order valence-corrected chi connectivity index (χ0v) is 57.4. The Kier molecular flexibility index (Phi) is 14.4. The fourth-order valence-corrected chi connectivity index (χ4v) is 15.6. The van der Waals surface area contributed by atoms with Crippen molar-refractivity contribution < 1.29 is 13.3 Å². The quantitative estimate of drug-likeness (QED) is 0.150. The molecule has 0 aliphatic carbocycles. The standard InChI is InChI=1S/2C34H20N2O.C30H18N2O/c1-2-9-23(10-3-1)32-33(35-28-18-16-21-8-4-5-11-25(21)34(28)36-32)24-15-14-22-17-19-30-31(27(22)20-24)26-12-6-7-13-29(26)37-30;1-2-9-23(10-3-1)32-33(36-34-25-11-5-4-8-21(25)16-18-28(34)35-32)24-15-14-22-17-19-30-31(27(22)20-24)26-12-6-7-13-29(26)37-30;1-2-8-20(9-3-1)29-30(32-25-12-6-5-11-24(25)31-29)21-15-14-19-16-17-27-28(23(19)18-21)22-10-4-7-13-26(22)33-27/h2*1-20H;1-18H. The van der Waals surface area contributed by atoms with Gasteiger partial charge in [-0.2, -0.15) is 0 Å². The molecule has 17 aromatic carbocycles. The van der Waals surface area contributed by atoms with Crippen molar-refractivity contribution in [2.24, 2.45) is 0 Å². The van der Waals surface area contributed by atoms with Gasteiger partial charge in [0.05, 0.1) is 67.3 Å². The van der Waals surface area contributed by atoms with Crippen LogP contribution in [0.25, 0.3) is 220 Å². The molecule has 0 unspecified atom stereocenters. The molecule has 0 fully saturated rings. The largest absolute Gasteiger partial charge is 0.456 e. The van der Waals surface area contributed by atoms with Gasteiger partial charge in [-0.15, -0.1) is 0 Å². The molecule has 107 heavy (non-hydrogen) atoms. The first kappa shape index (κ1) is 61.2. The van der Waals surface area contributed by atoms with Gasteiger partial charge < -0.3 is 13.3 Å². The highest BCUT2D eigenvalue weighted by Gasteiger charge is 2.22. The number of rotatable bonds is 6. The number of benzene rings is 17. The van der Waals surface area contributed by atoms with Crippen LogP contribution in [0.2, 0.25) is 0 Å². The van der Waals surface area contributed by atoms with Gasteiger partial charge in [-0.25, -0.2) is 29.9 Å². The second-order valence-electron chi connectivity index (χ2n) is 27.1. The van der Waals surface area contributed by atoms with Crippen LogP contribution in [-0.4, -0.2) is 29.9 Å². The van der Waals surface area contributed by atoms with Crippen LogP contribution in [0.5, 0.6) is 0 Å². The lowest BCUT2D eigenvalue weighted by atomic mass is 9.97. The van der Waals surface area contributed by atoms with Crippen LogP contribution in [0.3, 0.4) is 0 Å². The SMILES string of the molecule is c1ccc(-c2nc3c(ccc4ccccc43)nc2-c2ccc3ccc4oc5ccccc5c4c3c2)cc1.c1ccc(-c2nc3ccc4ccccc4c3nc2-c2ccc3ccc4oc5ccccc5c4c3c2)cc1.c1ccc(-c2nc3ccccc3nc2-c2ccc3ccc4oc5ccccc5c4c3c2)cc1. The minimum absolute atomic E-state index is 0.876. The Hall–Kier alpha value is -14.5. The van der Waals surface area contributed by atoms with Crippen molar-refractivity contribution in [3.05, 3.63) is 352 Å². The van der Waals surface area contributed by atoms with Crippen LogP contribution in [0.1, 0.15) is 0 Å². The summed E-state index contributed by atoms with van der Waals surface area (Å²) in [6.07, 6.45) is 0. The molecule has 0 spiro atoms. The molecular formula is C98H58N6O3. The first-order chi connectivity index (χ1) is 53.0. The molecule has 0 atom stereocenters. The lowest BCUT2D eigenvalue weighted by Gasteiger charge is -2.13. The van der Waals surface area contributed by atoms with Crippen molar-refractivity contribution in [3.63, 3.8) is 0 Å². The Morgan fingerprint density at radius 1 is 0.159 bits per heavy atom. The van der Waals surface area contributed by atoms with E-state index in [4.69, 9.17) is 43.2 Å². The fraction of sp³-hybridized carbons (Fsp3) is 0. The third-order valence-corrected chi connectivity index (χ3v) is 20.7. The second-order valence-corrected chi connectivity index (χ2v) is 27.1. The van der Waals surface area contributed by atoms with Gasteiger partial charge in [0.2, 0.25) is 0 Å². The molecule has 0 aliphatic rings. The van der Waals surface area contributed by atoms with E-state index < -0.39 is 0 Å². The summed E-state index contributed by atoms with van der Waals surface area (Å²) in [6, 6.07) is 121. The van der Waals surface area contributed by atoms with Gasteiger partial charge in [0.1, 0.15) is 33.5 Å². The number of fused-ring (bicyclic) bond motifs is 22. The highest BCUT2D eigenvalue weighted by molar-refractivity contribution is 6.22. The van der Waals surface area contributed by atoms with E-state index in [9.17, 15) is 0 Å². The number of hydrogen-bond acceptors (Lipinski definition) is 9. The summed E-state index contributed by atoms with van der Waals surface area (Å²) in [7, 11) is 0. The molecular weight excluding hydrogens is 1310 g/mol. The van der Waals surface area contributed by atoms with Crippen molar-refractivity contribution in [2.75, 3.05) is 0 Å². The van der Waals surface area contributed by atoms with E-state index in [0.29, 0.717) is 0 Å². The van der Waals surface area contributed by atoms with Crippen LogP contribution in [0.4, 0.5) is 0 Å². The van der Waals surface area contributed by atoms with E-state index in [2.05, 4.69) is 249 Å². The molecule has 6 aromatic heterocycles. The number of nitrogens with zero attached hydrogens (tertiary/aromatic N) is 6. The van der Waals surface area contributed by atoms with Gasteiger partial charge in [0.15, 0.2) is 0 Å². The normalized spacial score (nSPS) is 11.7. The zero-order chi connectivity index (χ0) is 70.5. The van der Waals surface area contributed by atoms with Crippen molar-refractivity contribution in [3.8, 4) is 67.5 Å². The summed E-state index contributed by atoms with van der Waals surface area (Å²) >= 11 is 0. The number of hydrogen-bond donors (Lipinski definition) is 0. The molecule has 9 heteroatoms. The van der Waals surface area contributed by atoms with Gasteiger partial charge in [-0.05, 0) is 122 Å². The van der Waals surface area contributed by atoms with Crippen molar-refractivity contribution in [1.29, 1.82) is 0 Å². The minimum Gasteiger partial charge on any atom is -0.456 e. The average molecular weight is 1370 g/mol. The van der Waals surface area contributed by atoms with E-state index >= 15 is 0 Å². The summed E-state index contributed by atoms with van der Waals surface area (Å²) in [4.78, 5) is 31.0. The van der Waals surface area contributed by atoms with Crippen LogP contribution < -0.4 is 0 Å². The lowest BCUT2D eigenvalue weighted by Crippen LogP contribution is -1.96. The van der Waals surface area contributed by atoms with Crippen LogP contribution in [-0.2, 0) is 0 Å². The number of para-hydroxylation sites is 5. The van der Waals surface area contributed by atoms with Gasteiger partial charge in [0, 0.05) is 76.5 Å². The van der Waals surface area contributed by atoms with Crippen LogP contribution in [0, 0.1) is 0 Å².